The Balaban J connectivity index is 1.57. The van der Waals surface area contributed by atoms with Crippen LogP contribution in [0.15, 0.2) is 78.9 Å². The zero-order valence-electron chi connectivity index (χ0n) is 21.7. The first kappa shape index (κ1) is 28.1. The fourth-order valence-electron chi connectivity index (χ4n) is 4.40. The predicted molar refractivity (Wildman–Crippen MR) is 144 cm³/mol. The number of amides is 4. The first-order valence-corrected chi connectivity index (χ1v) is 12.6. The molecular weight excluding hydrogens is 519 g/mol. The molecule has 0 spiro atoms. The number of carboxylic acids is 1. The summed E-state index contributed by atoms with van der Waals surface area (Å²) in [7, 11) is 0. The van der Waals surface area contributed by atoms with Crippen LogP contribution in [0, 0.1) is 12.7 Å². The topological polar surface area (TPSA) is 128 Å². The Kier molecular flexibility index (Phi) is 8.95. The lowest BCUT2D eigenvalue weighted by Gasteiger charge is -2.30. The molecule has 1 heterocycles. The lowest BCUT2D eigenvalue weighted by molar-refractivity contribution is -0.138. The summed E-state index contributed by atoms with van der Waals surface area (Å²) in [6.45, 7) is 1.85. The molecule has 11 heteroatoms. The van der Waals surface area contributed by atoms with E-state index in [1.54, 1.807) is 42.5 Å². The van der Waals surface area contributed by atoms with Crippen LogP contribution in [0.5, 0.6) is 0 Å². The van der Waals surface area contributed by atoms with Crippen molar-refractivity contribution in [2.45, 2.75) is 32.2 Å². The van der Waals surface area contributed by atoms with Gasteiger partial charge in [0.1, 0.15) is 12.4 Å². The second kappa shape index (κ2) is 12.7. The van der Waals surface area contributed by atoms with E-state index in [1.165, 1.54) is 17.0 Å². The van der Waals surface area contributed by atoms with E-state index < -0.39 is 48.4 Å². The highest BCUT2D eigenvalue weighted by Gasteiger charge is 2.44. The number of carbonyl (C=O) groups excluding carboxylic acids is 3. The number of carboxylic acid groups (broad SMARTS) is 1. The third-order valence-electron chi connectivity index (χ3n) is 6.34. The van der Waals surface area contributed by atoms with Crippen molar-refractivity contribution in [3.05, 3.63) is 101 Å². The van der Waals surface area contributed by atoms with Gasteiger partial charge in [-0.1, -0.05) is 54.6 Å². The molecule has 4 rings (SSSR count). The number of carbonyl (C=O) groups is 4. The van der Waals surface area contributed by atoms with Gasteiger partial charge in [0.2, 0.25) is 0 Å². The molecule has 10 nitrogen and oxygen atoms in total. The van der Waals surface area contributed by atoms with Crippen LogP contribution in [0.3, 0.4) is 0 Å². The average molecular weight is 549 g/mol. The van der Waals surface area contributed by atoms with Gasteiger partial charge in [0.25, 0.3) is 5.91 Å². The number of nitrogens with zero attached hydrogens (tertiary/aromatic N) is 2. The van der Waals surface area contributed by atoms with Crippen molar-refractivity contribution < 1.29 is 33.4 Å². The summed E-state index contributed by atoms with van der Waals surface area (Å²) in [5.74, 6) is -2.51. The third-order valence-corrected chi connectivity index (χ3v) is 6.34. The summed E-state index contributed by atoms with van der Waals surface area (Å²) in [6, 6.07) is 19.4. The van der Waals surface area contributed by atoms with Crippen LogP contribution in [0.4, 0.5) is 19.7 Å². The summed E-state index contributed by atoms with van der Waals surface area (Å²) in [6.07, 6.45) is -2.74. The largest absolute Gasteiger partial charge is 0.481 e. The Bertz CT molecular complexity index is 1370. The van der Waals surface area contributed by atoms with Gasteiger partial charge in [-0.3, -0.25) is 19.4 Å². The Morgan fingerprint density at radius 1 is 0.975 bits per heavy atom. The van der Waals surface area contributed by atoms with Crippen LogP contribution in [0.2, 0.25) is 0 Å². The van der Waals surface area contributed by atoms with Gasteiger partial charge in [0, 0.05) is 18.8 Å². The fourth-order valence-corrected chi connectivity index (χ4v) is 4.40. The second-order valence-electron chi connectivity index (χ2n) is 9.31. The molecule has 1 saturated heterocycles. The molecule has 2 unspecified atom stereocenters. The molecule has 40 heavy (non-hydrogen) atoms. The van der Waals surface area contributed by atoms with Crippen molar-refractivity contribution in [3.8, 4) is 0 Å². The molecule has 1 fully saturated rings. The van der Waals surface area contributed by atoms with Crippen molar-refractivity contribution in [2.75, 3.05) is 18.4 Å². The van der Waals surface area contributed by atoms with Gasteiger partial charge < -0.3 is 20.5 Å². The van der Waals surface area contributed by atoms with Crippen molar-refractivity contribution in [1.82, 2.24) is 15.1 Å². The van der Waals surface area contributed by atoms with E-state index in [0.717, 1.165) is 28.2 Å². The van der Waals surface area contributed by atoms with Crippen molar-refractivity contribution >= 4 is 29.7 Å². The molecule has 2 atom stereocenters. The zero-order chi connectivity index (χ0) is 28.6. The minimum Gasteiger partial charge on any atom is -0.481 e. The van der Waals surface area contributed by atoms with Crippen LogP contribution in [0.25, 0.3) is 0 Å². The first-order chi connectivity index (χ1) is 19.2. The summed E-state index contributed by atoms with van der Waals surface area (Å²) >= 11 is 0. The monoisotopic (exact) mass is 548 g/mol. The van der Waals surface area contributed by atoms with Crippen LogP contribution in [0.1, 0.15) is 29.2 Å². The number of benzene rings is 3. The normalized spacial score (nSPS) is 15.3. The fraction of sp³-hybridized carbons (Fsp3) is 0.241. The number of anilines is 1. The van der Waals surface area contributed by atoms with Gasteiger partial charge >= 0.3 is 18.1 Å². The van der Waals surface area contributed by atoms with Gasteiger partial charge in [-0.05, 0) is 47.9 Å². The predicted octanol–water partition coefficient (Wildman–Crippen LogP) is 4.28. The number of rotatable bonds is 8. The minimum atomic E-state index is -1.43. The van der Waals surface area contributed by atoms with Crippen molar-refractivity contribution in [3.63, 3.8) is 0 Å². The maximum atomic E-state index is 13.6. The number of aryl methyl sites for hydroxylation is 1. The molecule has 3 aromatic carbocycles. The molecule has 1 aliphatic rings. The van der Waals surface area contributed by atoms with E-state index in [1.807, 2.05) is 19.1 Å². The summed E-state index contributed by atoms with van der Waals surface area (Å²) < 4.78 is 18.9. The van der Waals surface area contributed by atoms with Gasteiger partial charge in [0.15, 0.2) is 6.17 Å². The van der Waals surface area contributed by atoms with Crippen LogP contribution < -0.4 is 10.6 Å². The molecule has 0 aromatic heterocycles. The van der Waals surface area contributed by atoms with E-state index in [9.17, 15) is 28.7 Å². The molecule has 0 radical (unpaired) electrons. The molecule has 208 valence electrons. The van der Waals surface area contributed by atoms with Crippen LogP contribution in [-0.4, -0.2) is 58.2 Å². The highest BCUT2D eigenvalue weighted by Crippen LogP contribution is 2.23. The second-order valence-corrected chi connectivity index (χ2v) is 9.31. The Morgan fingerprint density at radius 3 is 2.35 bits per heavy atom. The Labute approximate surface area is 230 Å². The number of hydrogen-bond donors (Lipinski definition) is 3. The molecule has 1 aliphatic heterocycles. The number of ether oxygens (including phenoxy) is 1. The van der Waals surface area contributed by atoms with Crippen molar-refractivity contribution in [2.24, 2.45) is 0 Å². The number of urea groups is 1. The van der Waals surface area contributed by atoms with Crippen LogP contribution >= 0.6 is 0 Å². The number of nitrogens with one attached hydrogen (secondary N) is 2. The first-order valence-electron chi connectivity index (χ1n) is 12.6. The molecule has 3 N–H and O–H groups in total. The molecule has 4 amide bonds. The summed E-state index contributed by atoms with van der Waals surface area (Å²) in [5.41, 5.74) is 2.51. The van der Waals surface area contributed by atoms with E-state index in [4.69, 9.17) is 4.74 Å². The lowest BCUT2D eigenvalue weighted by atomic mass is 10.0. The average Bonchev–Trinajstić information content (AvgIpc) is 3.38. The van der Waals surface area contributed by atoms with Gasteiger partial charge in [0.05, 0.1) is 12.5 Å². The highest BCUT2D eigenvalue weighted by molar-refractivity contribution is 5.96. The van der Waals surface area contributed by atoms with E-state index in [0.29, 0.717) is 11.3 Å². The zero-order valence-corrected chi connectivity index (χ0v) is 21.7. The smallest absolute Gasteiger partial charge is 0.412 e. The molecular formula is C29H29FN4O6. The minimum absolute atomic E-state index is 0.00704. The number of aliphatic carboxylic acids is 1. The number of halogens is 1. The summed E-state index contributed by atoms with van der Waals surface area (Å²) in [4.78, 5) is 53.9. The molecule has 0 saturated carbocycles. The third kappa shape index (κ3) is 7.13. The molecule has 0 bridgehead atoms. The van der Waals surface area contributed by atoms with Gasteiger partial charge in [-0.2, -0.15) is 0 Å². The van der Waals surface area contributed by atoms with Crippen molar-refractivity contribution in [1.29, 1.82) is 0 Å². The molecule has 0 aliphatic carbocycles. The highest BCUT2D eigenvalue weighted by atomic mass is 19.1. The standard InChI is InChI=1S/C29H29FN4O6/c1-19-6-5-9-23(16-19)31-28(38)33-14-15-34(29(39)40-18-20-7-3-2-4-8-20)27(33)26(37)32-24(17-25(35)36)21-10-12-22(30)13-11-21/h2-13,16,24,27H,14-15,17-18H2,1H3,(H,31,38)(H,32,37)(H,35,36). The maximum Gasteiger partial charge on any atom is 0.412 e. The van der Waals surface area contributed by atoms with Crippen LogP contribution in [-0.2, 0) is 20.9 Å². The van der Waals surface area contributed by atoms with E-state index in [2.05, 4.69) is 10.6 Å². The quantitative estimate of drug-likeness (QED) is 0.386. The maximum absolute atomic E-state index is 13.6. The Hall–Kier alpha value is -4.93. The molecule has 3 aromatic rings. The van der Waals surface area contributed by atoms with Gasteiger partial charge in [-0.25, -0.2) is 14.0 Å². The van der Waals surface area contributed by atoms with Gasteiger partial charge in [-0.15, -0.1) is 0 Å². The Morgan fingerprint density at radius 2 is 1.68 bits per heavy atom. The SMILES string of the molecule is Cc1cccc(NC(=O)N2CCN(C(=O)OCc3ccccc3)C2C(=O)NC(CC(=O)O)c2ccc(F)cc2)c1. The van der Waals surface area contributed by atoms with E-state index in [-0.39, 0.29) is 19.7 Å². The number of hydrogen-bond acceptors (Lipinski definition) is 5. The van der Waals surface area contributed by atoms with E-state index >= 15 is 0 Å². The summed E-state index contributed by atoms with van der Waals surface area (Å²) in [5, 5.41) is 14.8. The lowest BCUT2D eigenvalue weighted by Crippen LogP contribution is -2.55.